The number of benzene rings is 1. The Hall–Kier alpha value is -1.55. The van der Waals surface area contributed by atoms with Crippen LogP contribution in [-0.4, -0.2) is 36.5 Å². The third-order valence-corrected chi connectivity index (χ3v) is 4.60. The predicted molar refractivity (Wildman–Crippen MR) is 93.7 cm³/mol. The number of nitrogens with zero attached hydrogens (tertiary/aromatic N) is 1. The van der Waals surface area contributed by atoms with E-state index in [1.165, 1.54) is 25.7 Å². The van der Waals surface area contributed by atoms with Crippen molar-refractivity contribution in [3.05, 3.63) is 29.8 Å². The molecule has 1 aliphatic rings. The van der Waals surface area contributed by atoms with Crippen LogP contribution in [0, 0.1) is 0 Å². The number of carbonyl (C=O) groups excluding carboxylic acids is 1. The largest absolute Gasteiger partial charge is 0.494 e. The van der Waals surface area contributed by atoms with Crippen molar-refractivity contribution in [2.75, 3.05) is 19.7 Å². The van der Waals surface area contributed by atoms with Crippen molar-refractivity contribution >= 4 is 5.91 Å². The lowest BCUT2D eigenvalue weighted by Gasteiger charge is -2.28. The van der Waals surface area contributed by atoms with Gasteiger partial charge in [-0.25, -0.2) is 0 Å². The fourth-order valence-electron chi connectivity index (χ4n) is 3.11. The Morgan fingerprint density at radius 1 is 1.22 bits per heavy atom. The normalized spacial score (nSPS) is 18.7. The van der Waals surface area contributed by atoms with Gasteiger partial charge in [0.25, 0.3) is 0 Å². The van der Waals surface area contributed by atoms with E-state index in [0.29, 0.717) is 6.61 Å². The second-order valence-corrected chi connectivity index (χ2v) is 6.36. The van der Waals surface area contributed by atoms with Crippen LogP contribution < -0.4 is 10.1 Å². The van der Waals surface area contributed by atoms with Crippen LogP contribution in [0.15, 0.2) is 24.3 Å². The molecule has 2 unspecified atom stereocenters. The second-order valence-electron chi connectivity index (χ2n) is 6.36. The van der Waals surface area contributed by atoms with Gasteiger partial charge in [0.1, 0.15) is 5.75 Å². The van der Waals surface area contributed by atoms with E-state index in [2.05, 4.69) is 10.2 Å². The Balaban J connectivity index is 1.94. The first kappa shape index (κ1) is 17.8. The molecule has 0 spiro atoms. The molecule has 128 valence electrons. The molecular formula is C19H30N2O2. The first-order valence-electron chi connectivity index (χ1n) is 8.89. The third-order valence-electron chi connectivity index (χ3n) is 4.60. The van der Waals surface area contributed by atoms with E-state index in [1.807, 2.05) is 45.0 Å². The quantitative estimate of drug-likeness (QED) is 0.872. The third kappa shape index (κ3) is 5.24. The summed E-state index contributed by atoms with van der Waals surface area (Å²) in [6.07, 6.45) is 4.96. The van der Waals surface area contributed by atoms with Crippen LogP contribution in [0.4, 0.5) is 0 Å². The number of amides is 1. The van der Waals surface area contributed by atoms with Crippen LogP contribution in [0.2, 0.25) is 0 Å². The van der Waals surface area contributed by atoms with Crippen molar-refractivity contribution in [1.82, 2.24) is 10.2 Å². The second kappa shape index (κ2) is 8.92. The summed E-state index contributed by atoms with van der Waals surface area (Å²) in [5, 5.41) is 3.15. The molecule has 1 aliphatic heterocycles. The summed E-state index contributed by atoms with van der Waals surface area (Å²) in [5.74, 6) is 0.966. The molecule has 4 heteroatoms. The highest BCUT2D eigenvalue weighted by Gasteiger charge is 2.23. The molecule has 1 amide bonds. The summed E-state index contributed by atoms with van der Waals surface area (Å²) >= 11 is 0. The first-order valence-corrected chi connectivity index (χ1v) is 8.89. The van der Waals surface area contributed by atoms with E-state index >= 15 is 0 Å². The standard InChI is InChI=1S/C19H30N2O2/c1-4-23-18-11-9-10-17(14-18)15(2)20-19(22)16(3)21-12-7-5-6-8-13-21/h9-11,14-16H,4-8,12-13H2,1-3H3,(H,20,22). The van der Waals surface area contributed by atoms with Crippen molar-refractivity contribution in [1.29, 1.82) is 0 Å². The predicted octanol–water partition coefficient (Wildman–Crippen LogP) is 3.53. The zero-order valence-electron chi connectivity index (χ0n) is 14.7. The van der Waals surface area contributed by atoms with E-state index in [-0.39, 0.29) is 18.0 Å². The Bertz CT molecular complexity index is 496. The molecule has 2 atom stereocenters. The van der Waals surface area contributed by atoms with E-state index in [0.717, 1.165) is 24.4 Å². The molecule has 1 saturated heterocycles. The van der Waals surface area contributed by atoms with Crippen LogP contribution in [0.1, 0.15) is 58.1 Å². The van der Waals surface area contributed by atoms with Gasteiger partial charge in [-0.05, 0) is 64.4 Å². The monoisotopic (exact) mass is 318 g/mol. The molecule has 23 heavy (non-hydrogen) atoms. The lowest BCUT2D eigenvalue weighted by molar-refractivity contribution is -0.126. The maximum absolute atomic E-state index is 12.6. The number of rotatable bonds is 6. The smallest absolute Gasteiger partial charge is 0.237 e. The van der Waals surface area contributed by atoms with Gasteiger partial charge in [-0.2, -0.15) is 0 Å². The zero-order valence-corrected chi connectivity index (χ0v) is 14.7. The highest BCUT2D eigenvalue weighted by Crippen LogP contribution is 2.20. The molecule has 1 aromatic rings. The molecule has 0 saturated carbocycles. The molecule has 4 nitrogen and oxygen atoms in total. The van der Waals surface area contributed by atoms with Crippen molar-refractivity contribution in [2.45, 2.75) is 58.5 Å². The van der Waals surface area contributed by atoms with Crippen molar-refractivity contribution in [3.8, 4) is 5.75 Å². The van der Waals surface area contributed by atoms with Crippen molar-refractivity contribution in [2.24, 2.45) is 0 Å². The van der Waals surface area contributed by atoms with Crippen LogP contribution in [-0.2, 0) is 4.79 Å². The van der Waals surface area contributed by atoms with E-state index in [9.17, 15) is 4.79 Å². The van der Waals surface area contributed by atoms with Gasteiger partial charge in [-0.3, -0.25) is 9.69 Å². The number of likely N-dealkylation sites (tertiary alicyclic amines) is 1. The molecule has 0 aliphatic carbocycles. The summed E-state index contributed by atoms with van der Waals surface area (Å²) in [4.78, 5) is 14.9. The fourth-order valence-corrected chi connectivity index (χ4v) is 3.11. The fraction of sp³-hybridized carbons (Fsp3) is 0.632. The topological polar surface area (TPSA) is 41.6 Å². The van der Waals surface area contributed by atoms with Crippen LogP contribution in [0.3, 0.4) is 0 Å². The molecule has 0 radical (unpaired) electrons. The Labute approximate surface area is 140 Å². The number of nitrogens with one attached hydrogen (secondary N) is 1. The number of hydrogen-bond acceptors (Lipinski definition) is 3. The number of ether oxygens (including phenoxy) is 1. The zero-order chi connectivity index (χ0) is 16.7. The van der Waals surface area contributed by atoms with Crippen molar-refractivity contribution < 1.29 is 9.53 Å². The van der Waals surface area contributed by atoms with Gasteiger partial charge in [0.2, 0.25) is 5.91 Å². The molecule has 2 rings (SSSR count). The van der Waals surface area contributed by atoms with Crippen molar-refractivity contribution in [3.63, 3.8) is 0 Å². The minimum Gasteiger partial charge on any atom is -0.494 e. The SMILES string of the molecule is CCOc1cccc(C(C)NC(=O)C(C)N2CCCCCC2)c1. The van der Waals surface area contributed by atoms with Gasteiger partial charge < -0.3 is 10.1 Å². The summed E-state index contributed by atoms with van der Waals surface area (Å²) in [6, 6.07) is 7.88. The molecule has 1 fully saturated rings. The van der Waals surface area contributed by atoms with Crippen LogP contribution >= 0.6 is 0 Å². The average molecular weight is 318 g/mol. The van der Waals surface area contributed by atoms with Gasteiger partial charge in [0, 0.05) is 0 Å². The van der Waals surface area contributed by atoms with E-state index < -0.39 is 0 Å². The first-order chi connectivity index (χ1) is 11.1. The minimum absolute atomic E-state index is 0.0164. The maximum Gasteiger partial charge on any atom is 0.237 e. The van der Waals surface area contributed by atoms with Crippen LogP contribution in [0.25, 0.3) is 0 Å². The molecule has 0 bridgehead atoms. The summed E-state index contributed by atoms with van der Waals surface area (Å²) in [7, 11) is 0. The van der Waals surface area contributed by atoms with E-state index in [4.69, 9.17) is 4.74 Å². The number of carbonyl (C=O) groups is 1. The number of hydrogen-bond donors (Lipinski definition) is 1. The Kier molecular flexibility index (Phi) is 6.90. The van der Waals surface area contributed by atoms with Gasteiger partial charge in [-0.15, -0.1) is 0 Å². The van der Waals surface area contributed by atoms with E-state index in [1.54, 1.807) is 0 Å². The summed E-state index contributed by atoms with van der Waals surface area (Å²) in [6.45, 7) is 8.73. The van der Waals surface area contributed by atoms with Crippen LogP contribution in [0.5, 0.6) is 5.75 Å². The lowest BCUT2D eigenvalue weighted by Crippen LogP contribution is -2.46. The average Bonchev–Trinajstić information content (AvgIpc) is 2.84. The van der Waals surface area contributed by atoms with Gasteiger partial charge in [-0.1, -0.05) is 25.0 Å². The van der Waals surface area contributed by atoms with Gasteiger partial charge >= 0.3 is 0 Å². The summed E-state index contributed by atoms with van der Waals surface area (Å²) in [5.41, 5.74) is 1.08. The molecule has 1 heterocycles. The molecular weight excluding hydrogens is 288 g/mol. The highest BCUT2D eigenvalue weighted by molar-refractivity contribution is 5.81. The minimum atomic E-state index is -0.0642. The maximum atomic E-state index is 12.6. The van der Waals surface area contributed by atoms with Gasteiger partial charge in [0.05, 0.1) is 18.7 Å². The Morgan fingerprint density at radius 3 is 2.57 bits per heavy atom. The Morgan fingerprint density at radius 2 is 1.91 bits per heavy atom. The molecule has 1 N–H and O–H groups in total. The molecule has 1 aromatic carbocycles. The van der Waals surface area contributed by atoms with Gasteiger partial charge in [0.15, 0.2) is 0 Å². The highest BCUT2D eigenvalue weighted by atomic mass is 16.5. The lowest BCUT2D eigenvalue weighted by atomic mass is 10.1. The summed E-state index contributed by atoms with van der Waals surface area (Å²) < 4.78 is 5.54. The molecule has 0 aromatic heterocycles.